The van der Waals surface area contributed by atoms with Crippen LogP contribution in [0, 0.1) is 11.6 Å². The Labute approximate surface area is 205 Å². The normalized spacial score (nSPS) is 14.8. The average molecular weight is 495 g/mol. The Kier molecular flexibility index (Phi) is 7.17. The minimum atomic E-state index is -0.751. The molecule has 35 heavy (non-hydrogen) atoms. The van der Waals surface area contributed by atoms with E-state index in [1.165, 1.54) is 36.4 Å². The molecule has 1 fully saturated rings. The number of hydrogen-bond donors (Lipinski definition) is 1. The maximum absolute atomic E-state index is 14.3. The van der Waals surface area contributed by atoms with E-state index >= 15 is 0 Å². The highest BCUT2D eigenvalue weighted by Gasteiger charge is 2.35. The zero-order valence-corrected chi connectivity index (χ0v) is 19.4. The lowest BCUT2D eigenvalue weighted by atomic mass is 10.1. The van der Waals surface area contributed by atoms with Crippen molar-refractivity contribution in [2.75, 3.05) is 11.5 Å². The van der Waals surface area contributed by atoms with Gasteiger partial charge in [-0.2, -0.15) is 0 Å². The Morgan fingerprint density at radius 3 is 2.43 bits per heavy atom. The Morgan fingerprint density at radius 2 is 1.71 bits per heavy atom. The highest BCUT2D eigenvalue weighted by Crippen LogP contribution is 2.31. The third-order valence-electron chi connectivity index (χ3n) is 5.08. The fourth-order valence-corrected chi connectivity index (χ4v) is 3.69. The minimum Gasteiger partial charge on any atom is -0.490 e. The molecule has 1 N–H and O–H groups in total. The van der Waals surface area contributed by atoms with Gasteiger partial charge >= 0.3 is 0 Å². The first-order chi connectivity index (χ1) is 16.9. The number of amides is 2. The molecule has 178 valence electrons. The summed E-state index contributed by atoms with van der Waals surface area (Å²) in [6.07, 6.45) is 1.37. The van der Waals surface area contributed by atoms with Crippen molar-refractivity contribution >= 4 is 40.9 Å². The van der Waals surface area contributed by atoms with Gasteiger partial charge in [-0.3, -0.25) is 14.9 Å². The summed E-state index contributed by atoms with van der Waals surface area (Å²) in [6, 6.07) is 16.5. The van der Waals surface area contributed by atoms with Gasteiger partial charge in [-0.1, -0.05) is 30.3 Å². The van der Waals surface area contributed by atoms with E-state index in [9.17, 15) is 18.4 Å². The SMILES string of the molecule is CCOc1cc(/C=C2\C(=O)NC(=S)N(c3ccccc3F)C2=O)ccc1OCc1ccc(F)cc1. The van der Waals surface area contributed by atoms with Crippen LogP contribution >= 0.6 is 12.2 Å². The summed E-state index contributed by atoms with van der Waals surface area (Å²) in [7, 11) is 0. The van der Waals surface area contributed by atoms with E-state index in [1.54, 1.807) is 43.3 Å². The highest BCUT2D eigenvalue weighted by molar-refractivity contribution is 7.80. The fraction of sp³-hybridized carbons (Fsp3) is 0.115. The van der Waals surface area contributed by atoms with E-state index in [1.807, 2.05) is 0 Å². The van der Waals surface area contributed by atoms with Crippen LogP contribution in [0.2, 0.25) is 0 Å². The van der Waals surface area contributed by atoms with Crippen LogP contribution in [-0.4, -0.2) is 23.5 Å². The van der Waals surface area contributed by atoms with Crippen molar-refractivity contribution < 1.29 is 27.8 Å². The van der Waals surface area contributed by atoms with Crippen molar-refractivity contribution in [2.24, 2.45) is 0 Å². The molecule has 0 radical (unpaired) electrons. The lowest BCUT2D eigenvalue weighted by molar-refractivity contribution is -0.122. The number of rotatable bonds is 7. The van der Waals surface area contributed by atoms with Crippen molar-refractivity contribution in [3.05, 3.63) is 95.1 Å². The summed E-state index contributed by atoms with van der Waals surface area (Å²) >= 11 is 5.11. The molecule has 1 aliphatic heterocycles. The number of carbonyl (C=O) groups excluding carboxylic acids is 2. The number of nitrogens with one attached hydrogen (secondary N) is 1. The molecule has 3 aromatic rings. The van der Waals surface area contributed by atoms with E-state index in [0.29, 0.717) is 23.7 Å². The molecule has 6 nitrogen and oxygen atoms in total. The molecule has 1 saturated heterocycles. The Bertz CT molecular complexity index is 1330. The molecular weight excluding hydrogens is 474 g/mol. The molecule has 4 rings (SSSR count). The van der Waals surface area contributed by atoms with Crippen LogP contribution in [0.15, 0.2) is 72.3 Å². The van der Waals surface area contributed by atoms with Crippen LogP contribution in [0.5, 0.6) is 11.5 Å². The van der Waals surface area contributed by atoms with Gasteiger partial charge in [-0.15, -0.1) is 0 Å². The number of halogens is 2. The van der Waals surface area contributed by atoms with Crippen LogP contribution in [-0.2, 0) is 16.2 Å². The Hall–Kier alpha value is -4.11. The number of carbonyl (C=O) groups is 2. The van der Waals surface area contributed by atoms with Gasteiger partial charge in [0.25, 0.3) is 11.8 Å². The van der Waals surface area contributed by atoms with E-state index < -0.39 is 17.6 Å². The van der Waals surface area contributed by atoms with Crippen LogP contribution in [0.1, 0.15) is 18.1 Å². The van der Waals surface area contributed by atoms with Gasteiger partial charge in [0.15, 0.2) is 16.6 Å². The fourth-order valence-electron chi connectivity index (χ4n) is 3.42. The second-order valence-corrected chi connectivity index (χ2v) is 7.85. The predicted molar refractivity (Wildman–Crippen MR) is 131 cm³/mol. The Morgan fingerprint density at radius 1 is 0.971 bits per heavy atom. The molecule has 9 heteroatoms. The first kappa shape index (κ1) is 24.0. The first-order valence-corrected chi connectivity index (χ1v) is 11.1. The number of thiocarbonyl (C=S) groups is 1. The summed E-state index contributed by atoms with van der Waals surface area (Å²) in [5.41, 5.74) is 0.980. The maximum Gasteiger partial charge on any atom is 0.270 e. The van der Waals surface area contributed by atoms with Crippen LogP contribution in [0.4, 0.5) is 14.5 Å². The minimum absolute atomic E-state index is 0.0621. The van der Waals surface area contributed by atoms with E-state index in [2.05, 4.69) is 5.32 Å². The quantitative estimate of drug-likeness (QED) is 0.291. The molecule has 0 bridgehead atoms. The zero-order chi connectivity index (χ0) is 24.9. The molecule has 3 aromatic carbocycles. The van der Waals surface area contributed by atoms with Gasteiger partial charge < -0.3 is 9.47 Å². The third-order valence-corrected chi connectivity index (χ3v) is 5.37. The largest absolute Gasteiger partial charge is 0.490 e. The van der Waals surface area contributed by atoms with Crippen molar-refractivity contribution in [3.8, 4) is 11.5 Å². The lowest BCUT2D eigenvalue weighted by Gasteiger charge is -2.29. The smallest absolute Gasteiger partial charge is 0.270 e. The predicted octanol–water partition coefficient (Wildman–Crippen LogP) is 4.77. The summed E-state index contributed by atoms with van der Waals surface area (Å²) in [4.78, 5) is 26.6. The molecule has 1 aliphatic rings. The summed E-state index contributed by atoms with van der Waals surface area (Å²) in [5, 5.41) is 2.22. The van der Waals surface area contributed by atoms with E-state index in [0.717, 1.165) is 10.5 Å². The topological polar surface area (TPSA) is 67.9 Å². The van der Waals surface area contributed by atoms with Crippen LogP contribution < -0.4 is 19.7 Å². The molecule has 0 aromatic heterocycles. The van der Waals surface area contributed by atoms with Crippen molar-refractivity contribution in [1.82, 2.24) is 5.32 Å². The number of para-hydroxylation sites is 1. The maximum atomic E-state index is 14.3. The highest BCUT2D eigenvalue weighted by atomic mass is 32.1. The van der Waals surface area contributed by atoms with Crippen molar-refractivity contribution in [1.29, 1.82) is 0 Å². The monoisotopic (exact) mass is 494 g/mol. The van der Waals surface area contributed by atoms with Crippen molar-refractivity contribution in [3.63, 3.8) is 0 Å². The second kappa shape index (κ2) is 10.4. The van der Waals surface area contributed by atoms with E-state index in [4.69, 9.17) is 21.7 Å². The molecule has 2 amide bonds. The van der Waals surface area contributed by atoms with Gasteiger partial charge in [0.05, 0.1) is 12.3 Å². The Balaban J connectivity index is 1.61. The molecule has 0 unspecified atom stereocenters. The number of benzene rings is 3. The van der Waals surface area contributed by atoms with Crippen LogP contribution in [0.25, 0.3) is 6.08 Å². The van der Waals surface area contributed by atoms with Gasteiger partial charge in [0, 0.05) is 0 Å². The van der Waals surface area contributed by atoms with Gasteiger partial charge in [-0.05, 0) is 72.7 Å². The second-order valence-electron chi connectivity index (χ2n) is 7.46. The zero-order valence-electron chi connectivity index (χ0n) is 18.6. The molecular formula is C26H20F2N2O4S. The van der Waals surface area contributed by atoms with Crippen molar-refractivity contribution in [2.45, 2.75) is 13.5 Å². The van der Waals surface area contributed by atoms with Gasteiger partial charge in [0.1, 0.15) is 23.8 Å². The number of hydrogen-bond acceptors (Lipinski definition) is 5. The number of anilines is 1. The molecule has 0 saturated carbocycles. The first-order valence-electron chi connectivity index (χ1n) is 10.7. The van der Waals surface area contributed by atoms with Gasteiger partial charge in [-0.25, -0.2) is 13.7 Å². The van der Waals surface area contributed by atoms with E-state index in [-0.39, 0.29) is 28.8 Å². The molecule has 1 heterocycles. The summed E-state index contributed by atoms with van der Waals surface area (Å²) < 4.78 is 38.9. The number of ether oxygens (including phenoxy) is 2. The summed E-state index contributed by atoms with van der Waals surface area (Å²) in [5.74, 6) is -1.60. The third kappa shape index (κ3) is 5.36. The molecule has 0 atom stereocenters. The number of nitrogens with zero attached hydrogens (tertiary/aromatic N) is 1. The average Bonchev–Trinajstić information content (AvgIpc) is 2.83. The molecule has 0 aliphatic carbocycles. The van der Waals surface area contributed by atoms with Crippen LogP contribution in [0.3, 0.4) is 0 Å². The standard InChI is InChI=1S/C26H20F2N2O4S/c1-2-33-23-14-17(9-12-22(23)34-15-16-7-10-18(27)11-8-16)13-19-24(31)29-26(35)30(25(19)32)21-6-4-3-5-20(21)28/h3-14H,2,15H2,1H3,(H,29,31,35)/b19-13+. The molecule has 0 spiro atoms. The lowest BCUT2D eigenvalue weighted by Crippen LogP contribution is -2.54. The van der Waals surface area contributed by atoms with Gasteiger partial charge in [0.2, 0.25) is 0 Å². The summed E-state index contributed by atoms with van der Waals surface area (Å²) in [6.45, 7) is 2.35.